The van der Waals surface area contributed by atoms with E-state index >= 15 is 0 Å². The van der Waals surface area contributed by atoms with Crippen molar-refractivity contribution in [3.05, 3.63) is 51.6 Å². The number of benzene rings is 1. The Morgan fingerprint density at radius 1 is 1.15 bits per heavy atom. The summed E-state index contributed by atoms with van der Waals surface area (Å²) in [4.78, 5) is 16.2. The van der Waals surface area contributed by atoms with Gasteiger partial charge in [-0.05, 0) is 35.9 Å². The van der Waals surface area contributed by atoms with Gasteiger partial charge in [-0.25, -0.2) is 0 Å². The van der Waals surface area contributed by atoms with Crippen molar-refractivity contribution in [3.8, 4) is 16.5 Å². The maximum absolute atomic E-state index is 9.54. The Morgan fingerprint density at radius 2 is 1.88 bits per heavy atom. The van der Waals surface area contributed by atoms with Gasteiger partial charge in [-0.2, -0.15) is 20.2 Å². The molecule has 0 atom stereocenters. The highest BCUT2D eigenvalue weighted by atomic mass is 79.9. The van der Waals surface area contributed by atoms with Gasteiger partial charge in [0.15, 0.2) is 5.82 Å². The van der Waals surface area contributed by atoms with Crippen molar-refractivity contribution < 1.29 is 0 Å². The zero-order valence-electron chi connectivity index (χ0n) is 14.1. The van der Waals surface area contributed by atoms with Gasteiger partial charge in [0, 0.05) is 28.3 Å². The lowest BCUT2D eigenvalue weighted by molar-refractivity contribution is 0.952. The highest BCUT2D eigenvalue weighted by Gasteiger charge is 2.11. The van der Waals surface area contributed by atoms with Crippen LogP contribution in [0.25, 0.3) is 22.1 Å². The Morgan fingerprint density at radius 3 is 2.54 bits per heavy atom. The molecule has 0 radical (unpaired) electrons. The first kappa shape index (κ1) is 18.0. The molecule has 3 aromatic rings. The van der Waals surface area contributed by atoms with Gasteiger partial charge in [-0.3, -0.25) is 0 Å². The van der Waals surface area contributed by atoms with Crippen molar-refractivity contribution in [3.63, 3.8) is 0 Å². The molecule has 0 aliphatic rings. The summed E-state index contributed by atoms with van der Waals surface area (Å²) in [6.07, 6.45) is 1.77. The van der Waals surface area contributed by atoms with Gasteiger partial charge in [0.05, 0.1) is 5.57 Å². The molecule has 8 heteroatoms. The molecule has 0 saturated carbocycles. The molecule has 2 heterocycles. The van der Waals surface area contributed by atoms with Crippen molar-refractivity contribution in [1.29, 1.82) is 5.26 Å². The monoisotopic (exact) mass is 426 g/mol. The molecule has 0 aliphatic heterocycles. The minimum absolute atomic E-state index is 0.0848. The van der Waals surface area contributed by atoms with Crippen LogP contribution in [0.15, 0.2) is 40.9 Å². The minimum Gasteiger partial charge on any atom is -0.368 e. The Kier molecular flexibility index (Phi) is 5.30. The number of allylic oxidation sites excluding steroid dienone is 1. The summed E-state index contributed by atoms with van der Waals surface area (Å²) in [5, 5.41) is 9.54. The molecule has 2 N–H and O–H groups in total. The van der Waals surface area contributed by atoms with Crippen molar-refractivity contribution in [2.75, 3.05) is 24.7 Å². The van der Waals surface area contributed by atoms with Gasteiger partial charge >= 0.3 is 0 Å². The van der Waals surface area contributed by atoms with Gasteiger partial charge in [0.1, 0.15) is 6.07 Å². The molecular weight excluding hydrogens is 412 g/mol. The molecule has 0 unspecified atom stereocenters. The molecule has 0 spiro atoms. The normalized spacial score (nSPS) is 11.2. The van der Waals surface area contributed by atoms with Gasteiger partial charge in [-0.15, -0.1) is 11.3 Å². The molecule has 0 saturated heterocycles. The average Bonchev–Trinajstić information content (AvgIpc) is 3.08. The van der Waals surface area contributed by atoms with E-state index in [-0.39, 0.29) is 11.8 Å². The van der Waals surface area contributed by atoms with Crippen LogP contribution in [-0.2, 0) is 0 Å². The molecule has 0 bridgehead atoms. The summed E-state index contributed by atoms with van der Waals surface area (Å²) < 4.78 is 1.04. The fraction of sp³-hybridized carbons (Fsp3) is 0.111. The van der Waals surface area contributed by atoms with Crippen molar-refractivity contribution in [2.45, 2.75) is 0 Å². The highest BCUT2D eigenvalue weighted by molar-refractivity contribution is 9.10. The van der Waals surface area contributed by atoms with Crippen LogP contribution in [0, 0.1) is 11.3 Å². The van der Waals surface area contributed by atoms with Crippen LogP contribution in [0.1, 0.15) is 10.7 Å². The summed E-state index contributed by atoms with van der Waals surface area (Å²) >= 11 is 5.03. The number of nitriles is 1. The summed E-state index contributed by atoms with van der Waals surface area (Å²) in [6, 6.07) is 14.2. The Hall–Kier alpha value is -2.76. The minimum atomic E-state index is 0.0848. The largest absolute Gasteiger partial charge is 0.368 e. The van der Waals surface area contributed by atoms with E-state index in [0.29, 0.717) is 11.5 Å². The number of thiophene rings is 1. The van der Waals surface area contributed by atoms with Crippen molar-refractivity contribution in [2.24, 2.45) is 0 Å². The highest BCUT2D eigenvalue weighted by Crippen LogP contribution is 2.31. The predicted molar refractivity (Wildman–Crippen MR) is 110 cm³/mol. The molecule has 1 aromatic carbocycles. The molecule has 6 nitrogen and oxygen atoms in total. The second-order valence-electron chi connectivity index (χ2n) is 5.59. The number of nitrogen functional groups attached to an aromatic ring is 1. The van der Waals surface area contributed by atoms with Gasteiger partial charge in [0.25, 0.3) is 0 Å². The predicted octanol–water partition coefficient (Wildman–Crippen LogP) is 4.07. The lowest BCUT2D eigenvalue weighted by atomic mass is 10.2. The quantitative estimate of drug-likeness (QED) is 0.631. The number of rotatable bonds is 4. The summed E-state index contributed by atoms with van der Waals surface area (Å²) in [5.41, 5.74) is 7.21. The first-order valence-corrected chi connectivity index (χ1v) is 9.24. The number of nitrogens with zero attached hydrogens (tertiary/aromatic N) is 5. The molecule has 130 valence electrons. The first-order chi connectivity index (χ1) is 12.5. The van der Waals surface area contributed by atoms with E-state index in [1.807, 2.05) is 36.4 Å². The third-order valence-corrected chi connectivity index (χ3v) is 5.05. The van der Waals surface area contributed by atoms with Gasteiger partial charge in [-0.1, -0.05) is 28.1 Å². The number of aromatic nitrogens is 3. The second kappa shape index (κ2) is 7.64. The van der Waals surface area contributed by atoms with E-state index in [9.17, 15) is 5.26 Å². The molecular formula is C18H15BrN6S. The van der Waals surface area contributed by atoms with Gasteiger partial charge in [0.2, 0.25) is 11.9 Å². The summed E-state index contributed by atoms with van der Waals surface area (Å²) in [5.74, 6) is 0.763. The van der Waals surface area contributed by atoms with Crippen LogP contribution >= 0.6 is 27.3 Å². The molecule has 3 rings (SSSR count). The van der Waals surface area contributed by atoms with Crippen LogP contribution in [0.3, 0.4) is 0 Å². The van der Waals surface area contributed by atoms with E-state index in [1.54, 1.807) is 36.4 Å². The van der Waals surface area contributed by atoms with E-state index in [4.69, 9.17) is 5.73 Å². The Balaban J connectivity index is 1.96. The lowest BCUT2D eigenvalue weighted by Gasteiger charge is -2.10. The van der Waals surface area contributed by atoms with Crippen LogP contribution in [0.5, 0.6) is 0 Å². The third kappa shape index (κ3) is 4.07. The van der Waals surface area contributed by atoms with E-state index in [2.05, 4.69) is 37.0 Å². The van der Waals surface area contributed by atoms with Crippen molar-refractivity contribution in [1.82, 2.24) is 15.0 Å². The molecule has 0 fully saturated rings. The second-order valence-corrected chi connectivity index (χ2v) is 7.62. The maximum atomic E-state index is 9.54. The number of hydrogen-bond acceptors (Lipinski definition) is 7. The Bertz CT molecular complexity index is 1000. The molecule has 26 heavy (non-hydrogen) atoms. The smallest absolute Gasteiger partial charge is 0.230 e. The first-order valence-electron chi connectivity index (χ1n) is 7.63. The summed E-state index contributed by atoms with van der Waals surface area (Å²) in [6.45, 7) is 0. The van der Waals surface area contributed by atoms with Gasteiger partial charge < -0.3 is 10.6 Å². The SMILES string of the molecule is CN(C)c1nc(N)nc(/C(C#N)=C/c2ccc(-c3ccc(Br)cc3)s2)n1. The van der Waals surface area contributed by atoms with Crippen LogP contribution < -0.4 is 10.6 Å². The average molecular weight is 427 g/mol. The summed E-state index contributed by atoms with van der Waals surface area (Å²) in [7, 11) is 3.61. The van der Waals surface area contributed by atoms with E-state index < -0.39 is 0 Å². The number of hydrogen-bond donors (Lipinski definition) is 1. The number of halogens is 1. The van der Waals surface area contributed by atoms with Crippen LogP contribution in [0.2, 0.25) is 0 Å². The molecule has 2 aromatic heterocycles. The van der Waals surface area contributed by atoms with Crippen LogP contribution in [-0.4, -0.2) is 29.0 Å². The zero-order chi connectivity index (χ0) is 18.7. The number of nitrogens with two attached hydrogens (primary N) is 1. The van der Waals surface area contributed by atoms with E-state index in [1.165, 1.54) is 0 Å². The zero-order valence-corrected chi connectivity index (χ0v) is 16.5. The lowest BCUT2D eigenvalue weighted by Crippen LogP contribution is -2.15. The topological polar surface area (TPSA) is 91.7 Å². The number of anilines is 2. The molecule has 0 amide bonds. The van der Waals surface area contributed by atoms with Crippen LogP contribution in [0.4, 0.5) is 11.9 Å². The standard InChI is InChI=1S/C18H15BrN6S/c1-25(2)18-23-16(22-17(21)24-18)12(10-20)9-14-7-8-15(26-14)11-3-5-13(19)6-4-11/h3-9H,1-2H3,(H2,21,22,23,24)/b12-9+. The maximum Gasteiger partial charge on any atom is 0.230 e. The van der Waals surface area contributed by atoms with Crippen molar-refractivity contribution >= 4 is 50.8 Å². The van der Waals surface area contributed by atoms with E-state index in [0.717, 1.165) is 19.8 Å². The third-order valence-electron chi connectivity index (χ3n) is 3.44. The Labute approximate surface area is 163 Å². The molecule has 0 aliphatic carbocycles. The fourth-order valence-electron chi connectivity index (χ4n) is 2.19. The fourth-order valence-corrected chi connectivity index (χ4v) is 3.41.